The van der Waals surface area contributed by atoms with Crippen LogP contribution in [0, 0.1) is 13.8 Å². The van der Waals surface area contributed by atoms with E-state index in [0.29, 0.717) is 6.54 Å². The lowest BCUT2D eigenvalue weighted by atomic mass is 10.1. The lowest BCUT2D eigenvalue weighted by Gasteiger charge is -2.13. The summed E-state index contributed by atoms with van der Waals surface area (Å²) >= 11 is 0. The van der Waals surface area contributed by atoms with Gasteiger partial charge >= 0.3 is 0 Å². The van der Waals surface area contributed by atoms with Gasteiger partial charge in [-0.05, 0) is 37.6 Å². The van der Waals surface area contributed by atoms with Crippen molar-refractivity contribution in [3.63, 3.8) is 0 Å². The molecular weight excluding hydrogens is 250 g/mol. The van der Waals surface area contributed by atoms with E-state index < -0.39 is 0 Å². The van der Waals surface area contributed by atoms with Crippen molar-refractivity contribution in [3.8, 4) is 0 Å². The van der Waals surface area contributed by atoms with Gasteiger partial charge in [-0.1, -0.05) is 18.2 Å². The predicted octanol–water partition coefficient (Wildman–Crippen LogP) is 3.27. The van der Waals surface area contributed by atoms with Gasteiger partial charge in [-0.25, -0.2) is 0 Å². The second kappa shape index (κ2) is 6.19. The van der Waals surface area contributed by atoms with Crippen LogP contribution in [0.4, 0.5) is 11.4 Å². The molecule has 1 amide bonds. The largest absolute Gasteiger partial charge is 0.379 e. The van der Waals surface area contributed by atoms with Gasteiger partial charge in [0.15, 0.2) is 0 Å². The Kier molecular flexibility index (Phi) is 4.35. The van der Waals surface area contributed by atoms with Crippen molar-refractivity contribution >= 4 is 17.3 Å². The number of hydrogen-bond acceptors (Lipinski definition) is 3. The molecule has 4 nitrogen and oxygen atoms in total. The molecule has 0 atom stereocenters. The third-order valence-electron chi connectivity index (χ3n) is 3.02. The number of hydrogen-bond donors (Lipinski definition) is 2. The number of para-hydroxylation sites is 1. The molecule has 0 fully saturated rings. The van der Waals surface area contributed by atoms with Crippen LogP contribution in [0.1, 0.15) is 23.9 Å². The van der Waals surface area contributed by atoms with E-state index in [2.05, 4.69) is 15.6 Å². The number of amides is 1. The number of aryl methyl sites for hydroxylation is 2. The van der Waals surface area contributed by atoms with Gasteiger partial charge in [-0.15, -0.1) is 0 Å². The molecule has 0 saturated heterocycles. The Hall–Kier alpha value is -2.36. The summed E-state index contributed by atoms with van der Waals surface area (Å²) in [6.45, 7) is 6.11. The lowest BCUT2D eigenvalue weighted by Crippen LogP contribution is -2.10. The number of anilines is 2. The van der Waals surface area contributed by atoms with E-state index in [-0.39, 0.29) is 5.91 Å². The number of carbonyl (C=O) groups is 1. The maximum atomic E-state index is 11.2. The van der Waals surface area contributed by atoms with Crippen molar-refractivity contribution in [1.29, 1.82) is 0 Å². The van der Waals surface area contributed by atoms with Crippen LogP contribution in [0.5, 0.6) is 0 Å². The quantitative estimate of drug-likeness (QED) is 0.895. The van der Waals surface area contributed by atoms with Crippen LogP contribution >= 0.6 is 0 Å². The molecule has 0 saturated carbocycles. The van der Waals surface area contributed by atoms with Crippen molar-refractivity contribution in [3.05, 3.63) is 53.3 Å². The summed E-state index contributed by atoms with van der Waals surface area (Å²) in [5, 5.41) is 6.20. The van der Waals surface area contributed by atoms with Gasteiger partial charge in [0.2, 0.25) is 5.91 Å². The van der Waals surface area contributed by atoms with Crippen LogP contribution in [0.2, 0.25) is 0 Å². The Balaban J connectivity index is 2.12. The normalized spacial score (nSPS) is 10.2. The monoisotopic (exact) mass is 269 g/mol. The highest BCUT2D eigenvalue weighted by Crippen LogP contribution is 2.18. The van der Waals surface area contributed by atoms with Crippen molar-refractivity contribution in [2.45, 2.75) is 27.3 Å². The summed E-state index contributed by atoms with van der Waals surface area (Å²) in [5.41, 5.74) is 4.87. The third kappa shape index (κ3) is 3.57. The number of nitrogens with zero attached hydrogens (tertiary/aromatic N) is 1. The molecule has 0 aliphatic rings. The van der Waals surface area contributed by atoms with Gasteiger partial charge in [-0.2, -0.15) is 0 Å². The zero-order chi connectivity index (χ0) is 14.5. The van der Waals surface area contributed by atoms with Crippen LogP contribution in [0.3, 0.4) is 0 Å². The molecule has 1 heterocycles. The summed E-state index contributed by atoms with van der Waals surface area (Å²) < 4.78 is 0. The molecule has 2 rings (SSSR count). The van der Waals surface area contributed by atoms with Gasteiger partial charge in [0.1, 0.15) is 0 Å². The maximum absolute atomic E-state index is 11.2. The van der Waals surface area contributed by atoms with E-state index >= 15 is 0 Å². The number of benzene rings is 1. The minimum Gasteiger partial charge on any atom is -0.379 e. The highest BCUT2D eigenvalue weighted by atomic mass is 16.1. The third-order valence-corrected chi connectivity index (χ3v) is 3.02. The summed E-state index contributed by atoms with van der Waals surface area (Å²) in [4.78, 5) is 15.6. The Labute approximate surface area is 119 Å². The number of pyridine rings is 1. The van der Waals surface area contributed by atoms with E-state index in [1.165, 1.54) is 6.92 Å². The highest BCUT2D eigenvalue weighted by molar-refractivity contribution is 5.89. The first kappa shape index (κ1) is 14.1. The Morgan fingerprint density at radius 3 is 2.55 bits per heavy atom. The fourth-order valence-electron chi connectivity index (χ4n) is 2.05. The number of carbonyl (C=O) groups excluding carboxylic acids is 1. The highest BCUT2D eigenvalue weighted by Gasteiger charge is 2.04. The Morgan fingerprint density at radius 1 is 1.10 bits per heavy atom. The molecule has 4 heteroatoms. The van der Waals surface area contributed by atoms with Crippen molar-refractivity contribution in [2.24, 2.45) is 0 Å². The average Bonchev–Trinajstić information content (AvgIpc) is 2.39. The minimum absolute atomic E-state index is 0.0642. The Morgan fingerprint density at radius 2 is 1.85 bits per heavy atom. The van der Waals surface area contributed by atoms with E-state index in [1.54, 1.807) is 0 Å². The molecule has 20 heavy (non-hydrogen) atoms. The molecular formula is C16H19N3O. The first-order chi connectivity index (χ1) is 9.56. The summed E-state index contributed by atoms with van der Waals surface area (Å²) in [6, 6.07) is 11.8. The maximum Gasteiger partial charge on any atom is 0.221 e. The molecule has 0 aliphatic carbocycles. The number of nitrogens with one attached hydrogen (secondary N) is 2. The number of aromatic nitrogens is 1. The second-order valence-corrected chi connectivity index (χ2v) is 4.78. The minimum atomic E-state index is -0.0642. The molecule has 0 spiro atoms. The van der Waals surface area contributed by atoms with Gasteiger partial charge in [-0.3, -0.25) is 9.78 Å². The zero-order valence-electron chi connectivity index (χ0n) is 12.0. The van der Waals surface area contributed by atoms with Crippen LogP contribution in [0.15, 0.2) is 36.4 Å². The van der Waals surface area contributed by atoms with Crippen LogP contribution in [-0.4, -0.2) is 10.9 Å². The molecule has 2 N–H and O–H groups in total. The van der Waals surface area contributed by atoms with Crippen molar-refractivity contribution in [2.75, 3.05) is 10.6 Å². The molecule has 0 aliphatic heterocycles. The summed E-state index contributed by atoms with van der Waals surface area (Å²) in [5.74, 6) is -0.0642. The molecule has 0 radical (unpaired) electrons. The summed E-state index contributed by atoms with van der Waals surface area (Å²) in [7, 11) is 0. The molecule has 1 aromatic heterocycles. The lowest BCUT2D eigenvalue weighted by molar-refractivity contribution is -0.114. The van der Waals surface area contributed by atoms with E-state index in [9.17, 15) is 4.79 Å². The molecule has 0 bridgehead atoms. The first-order valence-corrected chi connectivity index (χ1v) is 6.60. The van der Waals surface area contributed by atoms with Crippen LogP contribution in [-0.2, 0) is 11.3 Å². The Bertz CT molecular complexity index is 623. The summed E-state index contributed by atoms with van der Waals surface area (Å²) in [6.07, 6.45) is 0. The van der Waals surface area contributed by atoms with Gasteiger partial charge < -0.3 is 10.6 Å². The predicted molar refractivity (Wildman–Crippen MR) is 81.8 cm³/mol. The topological polar surface area (TPSA) is 54.0 Å². The molecule has 104 valence electrons. The van der Waals surface area contributed by atoms with E-state index in [1.807, 2.05) is 50.2 Å². The SMILES string of the molecule is CC(=O)Nc1ccccc1CNc1ccc(C)nc1C. The van der Waals surface area contributed by atoms with Gasteiger partial charge in [0, 0.05) is 24.8 Å². The second-order valence-electron chi connectivity index (χ2n) is 4.78. The van der Waals surface area contributed by atoms with E-state index in [0.717, 1.165) is 28.3 Å². The number of rotatable bonds is 4. The van der Waals surface area contributed by atoms with Crippen LogP contribution < -0.4 is 10.6 Å². The fourth-order valence-corrected chi connectivity index (χ4v) is 2.05. The smallest absolute Gasteiger partial charge is 0.221 e. The van der Waals surface area contributed by atoms with Crippen molar-refractivity contribution in [1.82, 2.24) is 4.98 Å². The first-order valence-electron chi connectivity index (χ1n) is 6.60. The average molecular weight is 269 g/mol. The van der Waals surface area contributed by atoms with Crippen molar-refractivity contribution < 1.29 is 4.79 Å². The van der Waals surface area contributed by atoms with E-state index in [4.69, 9.17) is 0 Å². The standard InChI is InChI=1S/C16H19N3O/c1-11-8-9-15(12(2)18-11)17-10-14-6-4-5-7-16(14)19-13(3)20/h4-9,17H,10H2,1-3H3,(H,19,20). The molecule has 1 aromatic carbocycles. The fraction of sp³-hybridized carbons (Fsp3) is 0.250. The molecule has 2 aromatic rings. The van der Waals surface area contributed by atoms with Gasteiger partial charge in [0.05, 0.1) is 11.4 Å². The van der Waals surface area contributed by atoms with Crippen LogP contribution in [0.25, 0.3) is 0 Å². The molecule has 0 unspecified atom stereocenters. The van der Waals surface area contributed by atoms with Gasteiger partial charge in [0.25, 0.3) is 0 Å². The zero-order valence-corrected chi connectivity index (χ0v) is 12.0.